The molecule has 1 N–H and O–H groups in total. The number of ether oxygens (including phenoxy) is 2. The van der Waals surface area contributed by atoms with Gasteiger partial charge < -0.3 is 14.8 Å². The molecule has 1 atom stereocenters. The van der Waals surface area contributed by atoms with E-state index in [1.165, 1.54) is 17.4 Å². The van der Waals surface area contributed by atoms with Crippen LogP contribution >= 0.6 is 11.3 Å². The van der Waals surface area contributed by atoms with Gasteiger partial charge in [0.1, 0.15) is 15.4 Å². The van der Waals surface area contributed by atoms with Crippen molar-refractivity contribution in [1.82, 2.24) is 24.7 Å². The lowest BCUT2D eigenvalue weighted by atomic mass is 10.2. The van der Waals surface area contributed by atoms with E-state index in [9.17, 15) is 10.1 Å². The lowest BCUT2D eigenvalue weighted by Gasteiger charge is -2.22. The van der Waals surface area contributed by atoms with Crippen molar-refractivity contribution in [3.05, 3.63) is 58.0 Å². The van der Waals surface area contributed by atoms with Gasteiger partial charge in [-0.15, -0.1) is 0 Å². The Morgan fingerprint density at radius 2 is 2.24 bits per heavy atom. The number of hydrogen-bond acceptors (Lipinski definition) is 10. The van der Waals surface area contributed by atoms with Crippen LogP contribution in [0.3, 0.4) is 0 Å². The predicted octanol–water partition coefficient (Wildman–Crippen LogP) is 4.01. The maximum Gasteiger partial charge on any atom is 0.311 e. The summed E-state index contributed by atoms with van der Waals surface area (Å²) in [5, 5.41) is 19.7. The van der Waals surface area contributed by atoms with Gasteiger partial charge in [-0.25, -0.2) is 15.0 Å². The third-order valence-electron chi connectivity index (χ3n) is 5.38. The Kier molecular flexibility index (Phi) is 6.70. The van der Waals surface area contributed by atoms with Crippen molar-refractivity contribution < 1.29 is 14.4 Å². The summed E-state index contributed by atoms with van der Waals surface area (Å²) in [5.41, 5.74) is 2.04. The van der Waals surface area contributed by atoms with Gasteiger partial charge in [-0.05, 0) is 37.5 Å². The molecule has 0 spiro atoms. The van der Waals surface area contributed by atoms with E-state index in [0.29, 0.717) is 25.4 Å². The van der Waals surface area contributed by atoms with E-state index >= 15 is 0 Å². The molecule has 0 bridgehead atoms. The smallest absolute Gasteiger partial charge is 0.311 e. The SMILES string of the molecule is O=[N+]([O-])c1ccc(-c2cnn(CCOC3CCCCO3)c2)nc1NCc1nc2cccnc2s1. The van der Waals surface area contributed by atoms with Crippen molar-refractivity contribution in [2.24, 2.45) is 0 Å². The Balaban J connectivity index is 1.27. The highest BCUT2D eigenvalue weighted by Crippen LogP contribution is 2.28. The second-order valence-corrected chi connectivity index (χ2v) is 8.83. The Morgan fingerprint density at radius 1 is 1.29 bits per heavy atom. The van der Waals surface area contributed by atoms with E-state index in [-0.39, 0.29) is 17.8 Å². The summed E-state index contributed by atoms with van der Waals surface area (Å²) < 4.78 is 13.1. The average molecular weight is 482 g/mol. The molecular weight excluding hydrogens is 458 g/mol. The van der Waals surface area contributed by atoms with E-state index in [2.05, 4.69) is 25.4 Å². The molecule has 1 aliphatic rings. The first-order valence-electron chi connectivity index (χ1n) is 11.0. The number of nitro groups is 1. The van der Waals surface area contributed by atoms with Crippen LogP contribution in [0, 0.1) is 10.1 Å². The number of hydrogen-bond donors (Lipinski definition) is 1. The molecule has 12 heteroatoms. The molecule has 1 fully saturated rings. The summed E-state index contributed by atoms with van der Waals surface area (Å²) in [6.07, 6.45) is 8.23. The van der Waals surface area contributed by atoms with Gasteiger partial charge in [0.25, 0.3) is 0 Å². The number of anilines is 1. The molecule has 0 aliphatic carbocycles. The second-order valence-electron chi connectivity index (χ2n) is 7.77. The maximum absolute atomic E-state index is 11.5. The molecule has 4 aromatic rings. The van der Waals surface area contributed by atoms with Crippen LogP contribution < -0.4 is 5.32 Å². The van der Waals surface area contributed by atoms with E-state index in [4.69, 9.17) is 9.47 Å². The number of nitrogens with one attached hydrogen (secondary N) is 1. The molecule has 0 radical (unpaired) electrons. The summed E-state index contributed by atoms with van der Waals surface area (Å²) in [4.78, 5) is 25.2. The lowest BCUT2D eigenvalue weighted by molar-refractivity contribution is -0.384. The van der Waals surface area contributed by atoms with Crippen LogP contribution in [0.2, 0.25) is 0 Å². The van der Waals surface area contributed by atoms with Crippen LogP contribution in [-0.2, 0) is 22.6 Å². The Bertz CT molecular complexity index is 1250. The fraction of sp³-hybridized carbons (Fsp3) is 0.364. The monoisotopic (exact) mass is 481 g/mol. The van der Waals surface area contributed by atoms with Gasteiger partial charge in [0.05, 0.1) is 36.5 Å². The molecule has 5 heterocycles. The fourth-order valence-electron chi connectivity index (χ4n) is 3.68. The third-order valence-corrected chi connectivity index (χ3v) is 6.36. The molecule has 0 amide bonds. The number of pyridine rings is 2. The van der Waals surface area contributed by atoms with Crippen molar-refractivity contribution in [2.45, 2.75) is 38.6 Å². The number of aromatic nitrogens is 5. The minimum atomic E-state index is -0.451. The number of thiazole rings is 1. The second kappa shape index (κ2) is 10.2. The van der Waals surface area contributed by atoms with Gasteiger partial charge >= 0.3 is 5.69 Å². The van der Waals surface area contributed by atoms with Gasteiger partial charge in [0.15, 0.2) is 6.29 Å². The molecule has 1 saturated heterocycles. The molecule has 1 unspecified atom stereocenters. The molecule has 0 aromatic carbocycles. The predicted molar refractivity (Wildman–Crippen MR) is 126 cm³/mol. The molecular formula is C22H23N7O4S. The zero-order valence-electron chi connectivity index (χ0n) is 18.3. The van der Waals surface area contributed by atoms with Crippen LogP contribution in [0.15, 0.2) is 42.9 Å². The highest BCUT2D eigenvalue weighted by atomic mass is 32.1. The van der Waals surface area contributed by atoms with Crippen molar-refractivity contribution in [3.63, 3.8) is 0 Å². The molecule has 4 aromatic heterocycles. The van der Waals surface area contributed by atoms with Gasteiger partial charge in [0, 0.05) is 30.6 Å². The summed E-state index contributed by atoms with van der Waals surface area (Å²) in [6.45, 7) is 2.11. The van der Waals surface area contributed by atoms with E-state index in [1.54, 1.807) is 23.1 Å². The number of fused-ring (bicyclic) bond motifs is 1. The first-order valence-corrected chi connectivity index (χ1v) is 11.8. The van der Waals surface area contributed by atoms with Crippen LogP contribution in [-0.4, -0.2) is 49.2 Å². The molecule has 11 nitrogen and oxygen atoms in total. The Morgan fingerprint density at radius 3 is 3.06 bits per heavy atom. The first kappa shape index (κ1) is 22.3. The quantitative estimate of drug-likeness (QED) is 0.278. The van der Waals surface area contributed by atoms with E-state index < -0.39 is 4.92 Å². The van der Waals surface area contributed by atoms with Crippen molar-refractivity contribution in [3.8, 4) is 11.3 Å². The highest BCUT2D eigenvalue weighted by molar-refractivity contribution is 7.18. The molecule has 176 valence electrons. The maximum atomic E-state index is 11.5. The van der Waals surface area contributed by atoms with Crippen molar-refractivity contribution in [1.29, 1.82) is 0 Å². The van der Waals surface area contributed by atoms with Crippen LogP contribution in [0.4, 0.5) is 11.5 Å². The normalized spacial score (nSPS) is 16.1. The highest BCUT2D eigenvalue weighted by Gasteiger charge is 2.18. The van der Waals surface area contributed by atoms with Crippen molar-refractivity contribution >= 4 is 33.2 Å². The van der Waals surface area contributed by atoms with Crippen LogP contribution in [0.25, 0.3) is 21.6 Å². The number of nitrogens with zero attached hydrogens (tertiary/aromatic N) is 6. The topological polar surface area (TPSA) is 130 Å². The zero-order valence-corrected chi connectivity index (χ0v) is 19.1. The average Bonchev–Trinajstić information content (AvgIpc) is 3.50. The summed E-state index contributed by atoms with van der Waals surface area (Å²) in [7, 11) is 0. The van der Waals surface area contributed by atoms with E-state index in [0.717, 1.165) is 46.8 Å². The van der Waals surface area contributed by atoms with Crippen LogP contribution in [0.5, 0.6) is 0 Å². The standard InChI is InChI=1S/C22H23N7O4S/c30-29(31)18-7-6-16(15-12-25-28(14-15)9-11-33-20-5-1-2-10-32-20)27-21(18)24-13-19-26-17-4-3-8-23-22(17)34-19/h3-4,6-8,12,14,20H,1-2,5,9-11,13H2,(H,24,27). The van der Waals surface area contributed by atoms with Gasteiger partial charge in [0.2, 0.25) is 5.82 Å². The molecule has 0 saturated carbocycles. The minimum Gasteiger partial charge on any atom is -0.358 e. The van der Waals surface area contributed by atoms with E-state index in [1.807, 2.05) is 18.3 Å². The Labute approximate surface area is 198 Å². The van der Waals surface area contributed by atoms with Crippen molar-refractivity contribution in [2.75, 3.05) is 18.5 Å². The third kappa shape index (κ3) is 5.19. The van der Waals surface area contributed by atoms with Gasteiger partial charge in [-0.1, -0.05) is 11.3 Å². The summed E-state index contributed by atoms with van der Waals surface area (Å²) in [6, 6.07) is 6.78. The Hall–Kier alpha value is -3.48. The molecule has 5 rings (SSSR count). The lowest BCUT2D eigenvalue weighted by Crippen LogP contribution is -2.24. The van der Waals surface area contributed by atoms with Gasteiger partial charge in [-0.2, -0.15) is 5.10 Å². The molecule has 34 heavy (non-hydrogen) atoms. The summed E-state index contributed by atoms with van der Waals surface area (Å²) in [5.74, 6) is 0.181. The number of rotatable bonds is 9. The minimum absolute atomic E-state index is 0.101. The first-order chi connectivity index (χ1) is 16.7. The fourth-order valence-corrected chi connectivity index (χ4v) is 4.52. The van der Waals surface area contributed by atoms with Gasteiger partial charge in [-0.3, -0.25) is 14.8 Å². The summed E-state index contributed by atoms with van der Waals surface area (Å²) >= 11 is 1.44. The van der Waals surface area contributed by atoms with Crippen LogP contribution in [0.1, 0.15) is 24.3 Å². The largest absolute Gasteiger partial charge is 0.358 e. The zero-order chi connectivity index (χ0) is 23.3. The molecule has 1 aliphatic heterocycles.